The third-order valence-corrected chi connectivity index (χ3v) is 3.49. The fourth-order valence-electron chi connectivity index (χ4n) is 1.62. The second-order valence-corrected chi connectivity index (χ2v) is 4.74. The Hall–Kier alpha value is -1.49. The number of halogens is 1. The van der Waals surface area contributed by atoms with E-state index in [0.717, 1.165) is 33.7 Å². The van der Waals surface area contributed by atoms with Crippen LogP contribution < -0.4 is 5.32 Å². The first kappa shape index (κ1) is 13.0. The zero-order chi connectivity index (χ0) is 13.1. The van der Waals surface area contributed by atoms with Crippen molar-refractivity contribution in [2.75, 3.05) is 12.4 Å². The van der Waals surface area contributed by atoms with E-state index in [0.29, 0.717) is 5.82 Å². The molecular weight excluding hydrogens is 292 g/mol. The van der Waals surface area contributed by atoms with Gasteiger partial charge in [-0.1, -0.05) is 6.92 Å². The van der Waals surface area contributed by atoms with Gasteiger partial charge in [-0.15, -0.1) is 0 Å². The van der Waals surface area contributed by atoms with Gasteiger partial charge in [0.1, 0.15) is 5.82 Å². The first-order valence-corrected chi connectivity index (χ1v) is 6.62. The van der Waals surface area contributed by atoms with Crippen LogP contribution in [0.4, 0.5) is 5.82 Å². The van der Waals surface area contributed by atoms with Crippen molar-refractivity contribution < 1.29 is 0 Å². The lowest BCUT2D eigenvalue weighted by Gasteiger charge is -2.10. The second-order valence-electron chi connectivity index (χ2n) is 3.95. The Labute approximate surface area is 115 Å². The summed E-state index contributed by atoms with van der Waals surface area (Å²) in [5.74, 6) is 1.50. The van der Waals surface area contributed by atoms with Gasteiger partial charge in [0.05, 0.1) is 10.2 Å². The van der Waals surface area contributed by atoms with E-state index in [1.807, 2.05) is 26.1 Å². The lowest BCUT2D eigenvalue weighted by atomic mass is 10.2. The predicted molar refractivity (Wildman–Crippen MR) is 76.6 cm³/mol. The maximum Gasteiger partial charge on any atom is 0.163 e. The number of pyridine rings is 1. The molecule has 2 heterocycles. The Morgan fingerprint density at radius 1 is 1.28 bits per heavy atom. The van der Waals surface area contributed by atoms with Gasteiger partial charge in [-0.3, -0.25) is 4.98 Å². The highest BCUT2D eigenvalue weighted by Gasteiger charge is 2.11. The summed E-state index contributed by atoms with van der Waals surface area (Å²) in [5.41, 5.74) is 2.91. The van der Waals surface area contributed by atoms with Crippen molar-refractivity contribution >= 4 is 21.7 Å². The summed E-state index contributed by atoms with van der Waals surface area (Å²) in [6.45, 7) is 4.03. The molecule has 0 aliphatic heterocycles. The van der Waals surface area contributed by atoms with Gasteiger partial charge in [0.15, 0.2) is 5.82 Å². The Bertz CT molecular complexity index is 526. The van der Waals surface area contributed by atoms with E-state index >= 15 is 0 Å². The lowest BCUT2D eigenvalue weighted by Crippen LogP contribution is -2.02. The summed E-state index contributed by atoms with van der Waals surface area (Å²) in [5, 5.41) is 3.07. The van der Waals surface area contributed by atoms with Crippen molar-refractivity contribution in [1.82, 2.24) is 15.0 Å². The van der Waals surface area contributed by atoms with Gasteiger partial charge in [-0.25, -0.2) is 9.97 Å². The van der Waals surface area contributed by atoms with Gasteiger partial charge in [0.25, 0.3) is 0 Å². The molecule has 0 fully saturated rings. The Morgan fingerprint density at radius 2 is 2.06 bits per heavy atom. The van der Waals surface area contributed by atoms with E-state index in [4.69, 9.17) is 0 Å². The monoisotopic (exact) mass is 306 g/mol. The topological polar surface area (TPSA) is 50.7 Å². The number of aromatic nitrogens is 3. The Morgan fingerprint density at radius 3 is 2.61 bits per heavy atom. The van der Waals surface area contributed by atoms with Crippen molar-refractivity contribution in [3.8, 4) is 11.4 Å². The number of hydrogen-bond acceptors (Lipinski definition) is 4. The van der Waals surface area contributed by atoms with Crippen LogP contribution in [0.2, 0.25) is 0 Å². The van der Waals surface area contributed by atoms with Crippen LogP contribution in [0.1, 0.15) is 18.3 Å². The van der Waals surface area contributed by atoms with Crippen LogP contribution >= 0.6 is 15.9 Å². The molecule has 18 heavy (non-hydrogen) atoms. The molecule has 2 aromatic rings. The Kier molecular flexibility index (Phi) is 3.91. The molecule has 0 spiro atoms. The van der Waals surface area contributed by atoms with Gasteiger partial charge in [0, 0.05) is 24.5 Å². The van der Waals surface area contributed by atoms with Crippen molar-refractivity contribution in [1.29, 1.82) is 0 Å². The van der Waals surface area contributed by atoms with Crippen LogP contribution in [0.25, 0.3) is 11.4 Å². The number of nitrogens with zero attached hydrogens (tertiary/aromatic N) is 3. The average Bonchev–Trinajstić information content (AvgIpc) is 2.40. The van der Waals surface area contributed by atoms with Crippen molar-refractivity contribution in [3.63, 3.8) is 0 Å². The van der Waals surface area contributed by atoms with Crippen molar-refractivity contribution in [3.05, 3.63) is 34.2 Å². The highest BCUT2D eigenvalue weighted by atomic mass is 79.9. The standard InChI is InChI=1S/C13H15BrN4/c1-4-10-11(14)13(15-3)18-12(17-10)9-6-5-8(2)16-7-9/h5-7H,4H2,1-3H3,(H,15,17,18). The van der Waals surface area contributed by atoms with Crippen LogP contribution in [-0.4, -0.2) is 22.0 Å². The normalized spacial score (nSPS) is 10.4. The maximum atomic E-state index is 4.56. The van der Waals surface area contributed by atoms with Gasteiger partial charge in [-0.05, 0) is 41.4 Å². The van der Waals surface area contributed by atoms with Gasteiger partial charge in [-0.2, -0.15) is 0 Å². The smallest absolute Gasteiger partial charge is 0.163 e. The summed E-state index contributed by atoms with van der Waals surface area (Å²) < 4.78 is 0.927. The lowest BCUT2D eigenvalue weighted by molar-refractivity contribution is 0.989. The molecule has 0 saturated carbocycles. The summed E-state index contributed by atoms with van der Waals surface area (Å²) in [6.07, 6.45) is 2.65. The van der Waals surface area contributed by atoms with Crippen molar-refractivity contribution in [2.24, 2.45) is 0 Å². The van der Waals surface area contributed by atoms with Gasteiger partial charge >= 0.3 is 0 Å². The first-order chi connectivity index (χ1) is 8.65. The highest BCUT2D eigenvalue weighted by Crippen LogP contribution is 2.26. The van der Waals surface area contributed by atoms with E-state index in [-0.39, 0.29) is 0 Å². The molecule has 0 bridgehead atoms. The highest BCUT2D eigenvalue weighted by molar-refractivity contribution is 9.10. The molecule has 4 nitrogen and oxygen atoms in total. The molecule has 0 amide bonds. The summed E-state index contributed by atoms with van der Waals surface area (Å²) in [7, 11) is 1.85. The van der Waals surface area contributed by atoms with E-state index in [1.165, 1.54) is 0 Å². The summed E-state index contributed by atoms with van der Waals surface area (Å²) in [4.78, 5) is 13.3. The van der Waals surface area contributed by atoms with E-state index in [9.17, 15) is 0 Å². The van der Waals surface area contributed by atoms with Gasteiger partial charge in [0.2, 0.25) is 0 Å². The van der Waals surface area contributed by atoms with E-state index < -0.39 is 0 Å². The van der Waals surface area contributed by atoms with Crippen molar-refractivity contribution in [2.45, 2.75) is 20.3 Å². The fraction of sp³-hybridized carbons (Fsp3) is 0.308. The molecule has 0 unspecified atom stereocenters. The molecule has 0 aliphatic rings. The number of rotatable bonds is 3. The minimum atomic E-state index is 0.701. The molecule has 0 aliphatic carbocycles. The largest absolute Gasteiger partial charge is 0.372 e. The van der Waals surface area contributed by atoms with Crippen LogP contribution in [0, 0.1) is 6.92 Å². The molecule has 0 radical (unpaired) electrons. The number of hydrogen-bond donors (Lipinski definition) is 1. The van der Waals surface area contributed by atoms with Crippen LogP contribution in [-0.2, 0) is 6.42 Å². The average molecular weight is 307 g/mol. The third kappa shape index (κ3) is 2.51. The van der Waals surface area contributed by atoms with E-state index in [1.54, 1.807) is 6.20 Å². The summed E-state index contributed by atoms with van der Waals surface area (Å²) >= 11 is 3.52. The molecule has 1 N–H and O–H groups in total. The zero-order valence-electron chi connectivity index (χ0n) is 10.7. The SMILES string of the molecule is CCc1nc(-c2ccc(C)nc2)nc(NC)c1Br. The van der Waals surface area contributed by atoms with E-state index in [2.05, 4.69) is 43.1 Å². The second kappa shape index (κ2) is 5.44. The molecule has 5 heteroatoms. The molecule has 0 atom stereocenters. The van der Waals surface area contributed by atoms with Crippen LogP contribution in [0.3, 0.4) is 0 Å². The number of aryl methyl sites for hydroxylation is 2. The molecule has 2 rings (SSSR count). The minimum absolute atomic E-state index is 0.701. The fourth-order valence-corrected chi connectivity index (χ4v) is 2.28. The molecular formula is C13H15BrN4. The summed E-state index contributed by atoms with van der Waals surface area (Å²) in [6, 6.07) is 3.95. The zero-order valence-corrected chi connectivity index (χ0v) is 12.2. The molecule has 94 valence electrons. The number of anilines is 1. The maximum absolute atomic E-state index is 4.56. The Balaban J connectivity index is 2.54. The number of nitrogens with one attached hydrogen (secondary N) is 1. The molecule has 2 aromatic heterocycles. The molecule has 0 saturated heterocycles. The van der Waals surface area contributed by atoms with Crippen LogP contribution in [0.15, 0.2) is 22.8 Å². The quantitative estimate of drug-likeness (QED) is 0.946. The minimum Gasteiger partial charge on any atom is -0.372 e. The van der Waals surface area contributed by atoms with Crippen LogP contribution in [0.5, 0.6) is 0 Å². The first-order valence-electron chi connectivity index (χ1n) is 5.83. The molecule has 0 aromatic carbocycles. The predicted octanol–water partition coefficient (Wildman–Crippen LogP) is 3.21. The third-order valence-electron chi connectivity index (χ3n) is 2.66. The van der Waals surface area contributed by atoms with Gasteiger partial charge < -0.3 is 5.32 Å².